The number of ketones is 1. The molecule has 3 rings (SSSR count). The molecule has 0 aromatic heterocycles. The normalized spacial score (nSPS) is 14.2. The number of ether oxygens (including phenoxy) is 1. The Morgan fingerprint density at radius 1 is 1.12 bits per heavy atom. The molecule has 0 saturated carbocycles. The third kappa shape index (κ3) is 3.38. The summed E-state index contributed by atoms with van der Waals surface area (Å²) in [7, 11) is 0. The summed E-state index contributed by atoms with van der Waals surface area (Å²) in [6.07, 6.45) is 3.00. The number of hydrogen-bond donors (Lipinski definition) is 0. The van der Waals surface area contributed by atoms with Crippen LogP contribution in [0.25, 0.3) is 6.08 Å². The molecule has 0 spiro atoms. The number of nitrogens with zero attached hydrogens (tertiary/aromatic N) is 1. The van der Waals surface area contributed by atoms with E-state index in [1.807, 2.05) is 25.1 Å². The average molecular weight is 321 g/mol. The summed E-state index contributed by atoms with van der Waals surface area (Å²) in [5, 5.41) is 0. The molecular formula is C20H19NO3. The number of aryl methyl sites for hydroxylation is 2. The monoisotopic (exact) mass is 321 g/mol. The summed E-state index contributed by atoms with van der Waals surface area (Å²) in [4.78, 5) is 25.6. The molecule has 4 nitrogen and oxygen atoms in total. The van der Waals surface area contributed by atoms with E-state index in [9.17, 15) is 9.59 Å². The Balaban J connectivity index is 1.78. The number of carbonyl (C=O) groups is 2. The Morgan fingerprint density at radius 2 is 1.96 bits per heavy atom. The van der Waals surface area contributed by atoms with Gasteiger partial charge in [-0.3, -0.25) is 9.69 Å². The van der Waals surface area contributed by atoms with E-state index in [0.717, 1.165) is 5.56 Å². The summed E-state index contributed by atoms with van der Waals surface area (Å²) in [6, 6.07) is 13.1. The highest BCUT2D eigenvalue weighted by molar-refractivity contribution is 6.07. The first kappa shape index (κ1) is 16.0. The Labute approximate surface area is 141 Å². The van der Waals surface area contributed by atoms with Crippen molar-refractivity contribution < 1.29 is 14.3 Å². The lowest BCUT2D eigenvalue weighted by Gasteiger charge is -2.13. The van der Waals surface area contributed by atoms with E-state index in [1.54, 1.807) is 30.3 Å². The minimum absolute atomic E-state index is 0.0948. The molecule has 122 valence electrons. The zero-order valence-corrected chi connectivity index (χ0v) is 13.8. The number of allylic oxidation sites excluding steroid dienone is 1. The van der Waals surface area contributed by atoms with Gasteiger partial charge in [-0.2, -0.15) is 0 Å². The van der Waals surface area contributed by atoms with Crippen LogP contribution in [0.2, 0.25) is 0 Å². The van der Waals surface area contributed by atoms with Crippen LogP contribution >= 0.6 is 0 Å². The van der Waals surface area contributed by atoms with E-state index in [1.165, 1.54) is 16.0 Å². The lowest BCUT2D eigenvalue weighted by Crippen LogP contribution is -2.23. The molecule has 2 aromatic carbocycles. The molecule has 0 N–H and O–H groups in total. The second kappa shape index (κ2) is 6.71. The lowest BCUT2D eigenvalue weighted by atomic mass is 10.0. The van der Waals surface area contributed by atoms with Crippen LogP contribution in [0.15, 0.2) is 48.5 Å². The van der Waals surface area contributed by atoms with Crippen LogP contribution < -0.4 is 4.90 Å². The topological polar surface area (TPSA) is 46.6 Å². The number of carbonyl (C=O) groups excluding carboxylic acids is 2. The predicted molar refractivity (Wildman–Crippen MR) is 94.4 cm³/mol. The van der Waals surface area contributed by atoms with Gasteiger partial charge in [0.2, 0.25) is 0 Å². The Hall–Kier alpha value is -2.88. The van der Waals surface area contributed by atoms with Crippen LogP contribution in [-0.4, -0.2) is 25.0 Å². The molecule has 0 atom stereocenters. The molecule has 4 heteroatoms. The van der Waals surface area contributed by atoms with Gasteiger partial charge in [-0.1, -0.05) is 36.4 Å². The first-order valence-corrected chi connectivity index (χ1v) is 7.88. The number of rotatable bonds is 4. The first-order chi connectivity index (χ1) is 11.5. The van der Waals surface area contributed by atoms with Gasteiger partial charge in [-0.05, 0) is 48.7 Å². The van der Waals surface area contributed by atoms with Crippen molar-refractivity contribution in [2.45, 2.75) is 13.8 Å². The number of cyclic esters (lactones) is 1. The van der Waals surface area contributed by atoms with Gasteiger partial charge in [0.15, 0.2) is 5.78 Å². The highest BCUT2D eigenvalue weighted by Crippen LogP contribution is 2.20. The fourth-order valence-corrected chi connectivity index (χ4v) is 2.59. The van der Waals surface area contributed by atoms with Crippen molar-refractivity contribution in [3.05, 3.63) is 70.8 Å². The molecule has 1 aliphatic rings. The SMILES string of the molecule is Cc1ccc(/C=C/C(=O)c2cccc(N3CCOC3=O)c2)cc1C. The van der Waals surface area contributed by atoms with Gasteiger partial charge in [0.25, 0.3) is 0 Å². The number of amides is 1. The zero-order chi connectivity index (χ0) is 17.1. The van der Waals surface area contributed by atoms with E-state index < -0.39 is 0 Å². The van der Waals surface area contributed by atoms with Crippen LogP contribution in [-0.2, 0) is 4.74 Å². The highest BCUT2D eigenvalue weighted by Gasteiger charge is 2.23. The quantitative estimate of drug-likeness (QED) is 0.627. The largest absolute Gasteiger partial charge is 0.447 e. The number of benzene rings is 2. The molecule has 2 aromatic rings. The lowest BCUT2D eigenvalue weighted by molar-refractivity contribution is 0.104. The molecule has 1 heterocycles. The third-order valence-electron chi connectivity index (χ3n) is 4.16. The second-order valence-corrected chi connectivity index (χ2v) is 5.86. The maximum Gasteiger partial charge on any atom is 0.414 e. The van der Waals surface area contributed by atoms with Crippen LogP contribution in [0.5, 0.6) is 0 Å². The zero-order valence-electron chi connectivity index (χ0n) is 13.8. The molecule has 1 saturated heterocycles. The van der Waals surface area contributed by atoms with Gasteiger partial charge in [-0.25, -0.2) is 4.79 Å². The molecule has 0 unspecified atom stereocenters. The average Bonchev–Trinajstić information content (AvgIpc) is 3.02. The van der Waals surface area contributed by atoms with Gasteiger partial charge >= 0.3 is 6.09 Å². The summed E-state index contributed by atoms with van der Waals surface area (Å²) >= 11 is 0. The maximum atomic E-state index is 12.4. The van der Waals surface area contributed by atoms with E-state index in [-0.39, 0.29) is 11.9 Å². The van der Waals surface area contributed by atoms with Gasteiger partial charge in [0.05, 0.1) is 6.54 Å². The Morgan fingerprint density at radius 3 is 2.67 bits per heavy atom. The van der Waals surface area contributed by atoms with Crippen molar-refractivity contribution in [2.75, 3.05) is 18.1 Å². The summed E-state index contributed by atoms with van der Waals surface area (Å²) < 4.78 is 4.93. The number of anilines is 1. The predicted octanol–water partition coefficient (Wildman–Crippen LogP) is 4.16. The summed E-state index contributed by atoms with van der Waals surface area (Å²) in [5.74, 6) is -0.0948. The standard InChI is InChI=1S/C20H19NO3/c1-14-6-7-16(12-15(14)2)8-9-19(22)17-4-3-5-18(13-17)21-10-11-24-20(21)23/h3-9,12-13H,10-11H2,1-2H3/b9-8+. The van der Waals surface area contributed by atoms with E-state index >= 15 is 0 Å². The Bertz CT molecular complexity index is 823. The van der Waals surface area contributed by atoms with Crippen molar-refractivity contribution >= 4 is 23.6 Å². The van der Waals surface area contributed by atoms with Crippen LogP contribution in [0.1, 0.15) is 27.0 Å². The minimum atomic E-state index is -0.370. The fourth-order valence-electron chi connectivity index (χ4n) is 2.59. The van der Waals surface area contributed by atoms with Crippen molar-refractivity contribution in [3.63, 3.8) is 0 Å². The summed E-state index contributed by atoms with van der Waals surface area (Å²) in [6.45, 7) is 4.99. The number of hydrogen-bond acceptors (Lipinski definition) is 3. The van der Waals surface area contributed by atoms with E-state index in [0.29, 0.717) is 24.4 Å². The third-order valence-corrected chi connectivity index (χ3v) is 4.16. The van der Waals surface area contributed by atoms with Gasteiger partial charge in [0, 0.05) is 11.3 Å². The van der Waals surface area contributed by atoms with Crippen molar-refractivity contribution in [2.24, 2.45) is 0 Å². The minimum Gasteiger partial charge on any atom is -0.447 e. The molecule has 1 amide bonds. The van der Waals surface area contributed by atoms with Crippen molar-refractivity contribution in [1.29, 1.82) is 0 Å². The van der Waals surface area contributed by atoms with Gasteiger partial charge in [0.1, 0.15) is 6.61 Å². The first-order valence-electron chi connectivity index (χ1n) is 7.88. The van der Waals surface area contributed by atoms with Crippen LogP contribution in [0, 0.1) is 13.8 Å². The highest BCUT2D eigenvalue weighted by atomic mass is 16.6. The maximum absolute atomic E-state index is 12.4. The van der Waals surface area contributed by atoms with Gasteiger partial charge < -0.3 is 4.74 Å². The Kier molecular flexibility index (Phi) is 4.47. The van der Waals surface area contributed by atoms with Crippen molar-refractivity contribution in [3.8, 4) is 0 Å². The molecular weight excluding hydrogens is 302 g/mol. The summed E-state index contributed by atoms with van der Waals surface area (Å²) in [5.41, 5.74) is 4.64. The molecule has 1 aliphatic heterocycles. The fraction of sp³-hybridized carbons (Fsp3) is 0.200. The van der Waals surface area contributed by atoms with Crippen LogP contribution in [0.3, 0.4) is 0 Å². The van der Waals surface area contributed by atoms with Crippen LogP contribution in [0.4, 0.5) is 10.5 Å². The molecule has 24 heavy (non-hydrogen) atoms. The molecule has 1 fully saturated rings. The van der Waals surface area contributed by atoms with E-state index in [2.05, 4.69) is 13.0 Å². The van der Waals surface area contributed by atoms with Gasteiger partial charge in [-0.15, -0.1) is 0 Å². The molecule has 0 aliphatic carbocycles. The van der Waals surface area contributed by atoms with Crippen molar-refractivity contribution in [1.82, 2.24) is 0 Å². The molecule has 0 radical (unpaired) electrons. The molecule has 0 bridgehead atoms. The van der Waals surface area contributed by atoms with E-state index in [4.69, 9.17) is 4.74 Å². The smallest absolute Gasteiger partial charge is 0.414 e. The second-order valence-electron chi connectivity index (χ2n) is 5.86.